The third-order valence-corrected chi connectivity index (χ3v) is 5.27. The topological polar surface area (TPSA) is 42.4 Å². The van der Waals surface area contributed by atoms with Gasteiger partial charge < -0.3 is 4.74 Å². The Kier molecular flexibility index (Phi) is 6.01. The van der Waals surface area contributed by atoms with E-state index < -0.39 is 0 Å². The fraction of sp³-hybridized carbons (Fsp3) is 0.0400. The summed E-state index contributed by atoms with van der Waals surface area (Å²) in [7, 11) is 0. The first-order valence-corrected chi connectivity index (χ1v) is 10.4. The maximum absolute atomic E-state index is 13.3. The summed E-state index contributed by atoms with van der Waals surface area (Å²) in [5.41, 5.74) is 2.39. The van der Waals surface area contributed by atoms with Crippen molar-refractivity contribution >= 4 is 22.4 Å². The van der Waals surface area contributed by atoms with Gasteiger partial charge in [-0.1, -0.05) is 60.7 Å². The molecule has 5 heteroatoms. The maximum Gasteiger partial charge on any atom is 0.260 e. The van der Waals surface area contributed by atoms with Gasteiger partial charge in [-0.3, -0.25) is 9.69 Å². The van der Waals surface area contributed by atoms with Gasteiger partial charge in [0, 0.05) is 23.1 Å². The first kappa shape index (κ1) is 19.6. The SMILES string of the molecule is C=CCN(C(=O)c1cccc(Oc2ccccc2)c1)c1nc(-c2ccccc2)cs1. The Hall–Kier alpha value is -3.70. The van der Waals surface area contributed by atoms with E-state index in [1.807, 2.05) is 78.2 Å². The summed E-state index contributed by atoms with van der Waals surface area (Å²) in [5.74, 6) is 1.18. The molecule has 0 saturated heterocycles. The van der Waals surface area contributed by atoms with Gasteiger partial charge >= 0.3 is 0 Å². The Balaban J connectivity index is 1.59. The molecule has 1 amide bonds. The number of hydrogen-bond donors (Lipinski definition) is 0. The average Bonchev–Trinajstić information content (AvgIpc) is 3.28. The van der Waals surface area contributed by atoms with Crippen LogP contribution in [-0.2, 0) is 0 Å². The van der Waals surface area contributed by atoms with Gasteiger partial charge in [0.1, 0.15) is 11.5 Å². The van der Waals surface area contributed by atoms with Gasteiger partial charge in [0.2, 0.25) is 0 Å². The van der Waals surface area contributed by atoms with Crippen LogP contribution in [0, 0.1) is 0 Å². The van der Waals surface area contributed by atoms with Crippen LogP contribution >= 0.6 is 11.3 Å². The third-order valence-electron chi connectivity index (χ3n) is 4.41. The molecule has 0 fully saturated rings. The third kappa shape index (κ3) is 4.47. The van der Waals surface area contributed by atoms with Crippen LogP contribution in [0.3, 0.4) is 0 Å². The number of aromatic nitrogens is 1. The van der Waals surface area contributed by atoms with Gasteiger partial charge in [0.15, 0.2) is 5.13 Å². The second kappa shape index (κ2) is 9.20. The summed E-state index contributed by atoms with van der Waals surface area (Å²) < 4.78 is 5.87. The standard InChI is InChI=1S/C25H20N2O2S/c1-2-16-27(25-26-23(18-30-25)19-10-5-3-6-11-19)24(28)20-12-9-15-22(17-20)29-21-13-7-4-8-14-21/h2-15,17-18H,1,16H2. The summed E-state index contributed by atoms with van der Waals surface area (Å²) in [5, 5.41) is 2.59. The molecule has 0 spiro atoms. The van der Waals surface area contributed by atoms with Crippen molar-refractivity contribution in [1.29, 1.82) is 0 Å². The molecule has 0 atom stereocenters. The van der Waals surface area contributed by atoms with Crippen LogP contribution in [0.1, 0.15) is 10.4 Å². The smallest absolute Gasteiger partial charge is 0.260 e. The van der Waals surface area contributed by atoms with Crippen LogP contribution in [0.5, 0.6) is 11.5 Å². The number of anilines is 1. The van der Waals surface area contributed by atoms with Crippen molar-refractivity contribution in [2.24, 2.45) is 0 Å². The lowest BCUT2D eigenvalue weighted by Gasteiger charge is -2.18. The molecule has 4 aromatic rings. The first-order chi connectivity index (χ1) is 14.7. The molecule has 4 rings (SSSR count). The number of benzene rings is 3. The van der Waals surface area contributed by atoms with Crippen LogP contribution in [-0.4, -0.2) is 17.4 Å². The zero-order valence-electron chi connectivity index (χ0n) is 16.3. The Morgan fingerprint density at radius 3 is 2.40 bits per heavy atom. The molecule has 148 valence electrons. The van der Waals surface area contributed by atoms with Crippen molar-refractivity contribution in [3.05, 3.63) is 109 Å². The molecule has 0 bridgehead atoms. The van der Waals surface area contributed by atoms with E-state index in [2.05, 4.69) is 11.6 Å². The second-order valence-corrected chi connectivity index (χ2v) is 7.37. The van der Waals surface area contributed by atoms with E-state index in [4.69, 9.17) is 4.74 Å². The fourth-order valence-corrected chi connectivity index (χ4v) is 3.82. The summed E-state index contributed by atoms with van der Waals surface area (Å²) in [6.45, 7) is 4.16. The molecule has 4 nitrogen and oxygen atoms in total. The summed E-state index contributed by atoms with van der Waals surface area (Å²) >= 11 is 1.44. The van der Waals surface area contributed by atoms with Crippen molar-refractivity contribution in [3.63, 3.8) is 0 Å². The van der Waals surface area contributed by atoms with Crippen molar-refractivity contribution in [2.45, 2.75) is 0 Å². The molecular weight excluding hydrogens is 392 g/mol. The zero-order chi connectivity index (χ0) is 20.8. The van der Waals surface area contributed by atoms with Crippen molar-refractivity contribution in [2.75, 3.05) is 11.4 Å². The largest absolute Gasteiger partial charge is 0.457 e. The number of nitrogens with zero attached hydrogens (tertiary/aromatic N) is 2. The van der Waals surface area contributed by atoms with E-state index in [9.17, 15) is 4.79 Å². The van der Waals surface area contributed by atoms with Crippen LogP contribution in [0.25, 0.3) is 11.3 Å². The molecule has 30 heavy (non-hydrogen) atoms. The van der Waals surface area contributed by atoms with Gasteiger partial charge in [0.05, 0.1) is 5.69 Å². The molecular formula is C25H20N2O2S. The molecule has 0 N–H and O–H groups in total. The molecule has 1 aromatic heterocycles. The van der Waals surface area contributed by atoms with E-state index >= 15 is 0 Å². The minimum atomic E-state index is -0.151. The highest BCUT2D eigenvalue weighted by Crippen LogP contribution is 2.29. The lowest BCUT2D eigenvalue weighted by Crippen LogP contribution is -2.30. The minimum absolute atomic E-state index is 0.151. The molecule has 0 aliphatic carbocycles. The highest BCUT2D eigenvalue weighted by atomic mass is 32.1. The van der Waals surface area contributed by atoms with E-state index in [0.29, 0.717) is 23.0 Å². The molecule has 0 unspecified atom stereocenters. The quantitative estimate of drug-likeness (QED) is 0.328. The van der Waals surface area contributed by atoms with Gasteiger partial charge in [-0.15, -0.1) is 17.9 Å². The second-order valence-electron chi connectivity index (χ2n) is 6.53. The number of rotatable bonds is 7. The number of thiazole rings is 1. The number of para-hydroxylation sites is 1. The Bertz CT molecular complexity index is 1140. The van der Waals surface area contributed by atoms with Gasteiger partial charge in [-0.2, -0.15) is 0 Å². The Morgan fingerprint density at radius 2 is 1.67 bits per heavy atom. The zero-order valence-corrected chi connectivity index (χ0v) is 17.1. The first-order valence-electron chi connectivity index (χ1n) is 9.51. The molecule has 0 saturated carbocycles. The molecule has 0 aliphatic heterocycles. The predicted octanol–water partition coefficient (Wildman–Crippen LogP) is 6.44. The number of carbonyl (C=O) groups excluding carboxylic acids is 1. The number of hydrogen-bond acceptors (Lipinski definition) is 4. The van der Waals surface area contributed by atoms with Crippen LogP contribution in [0.2, 0.25) is 0 Å². The minimum Gasteiger partial charge on any atom is -0.457 e. The molecule has 0 aliphatic rings. The van der Waals surface area contributed by atoms with Gasteiger partial charge in [-0.05, 0) is 30.3 Å². The van der Waals surface area contributed by atoms with Gasteiger partial charge in [-0.25, -0.2) is 4.98 Å². The summed E-state index contributed by atoms with van der Waals surface area (Å²) in [4.78, 5) is 19.6. The van der Waals surface area contributed by atoms with E-state index in [-0.39, 0.29) is 5.91 Å². The molecule has 3 aromatic carbocycles. The maximum atomic E-state index is 13.3. The molecule has 1 heterocycles. The van der Waals surface area contributed by atoms with E-state index in [0.717, 1.165) is 17.0 Å². The number of amides is 1. The number of carbonyl (C=O) groups is 1. The monoisotopic (exact) mass is 412 g/mol. The lowest BCUT2D eigenvalue weighted by atomic mass is 10.2. The van der Waals surface area contributed by atoms with Crippen LogP contribution < -0.4 is 9.64 Å². The van der Waals surface area contributed by atoms with Gasteiger partial charge in [0.25, 0.3) is 5.91 Å². The highest BCUT2D eigenvalue weighted by molar-refractivity contribution is 7.14. The van der Waals surface area contributed by atoms with Crippen molar-refractivity contribution < 1.29 is 9.53 Å². The van der Waals surface area contributed by atoms with Crippen molar-refractivity contribution in [3.8, 4) is 22.8 Å². The molecule has 0 radical (unpaired) electrons. The normalized spacial score (nSPS) is 10.4. The van der Waals surface area contributed by atoms with E-state index in [1.54, 1.807) is 23.1 Å². The van der Waals surface area contributed by atoms with E-state index in [1.165, 1.54) is 11.3 Å². The summed E-state index contributed by atoms with van der Waals surface area (Å²) in [6.07, 6.45) is 1.70. The van der Waals surface area contributed by atoms with Crippen molar-refractivity contribution in [1.82, 2.24) is 4.98 Å². The summed E-state index contributed by atoms with van der Waals surface area (Å²) in [6, 6.07) is 26.6. The number of ether oxygens (including phenoxy) is 1. The lowest BCUT2D eigenvalue weighted by molar-refractivity contribution is 0.0989. The average molecular weight is 413 g/mol. The Labute approximate surface area is 179 Å². The van der Waals surface area contributed by atoms with Crippen LogP contribution in [0.4, 0.5) is 5.13 Å². The highest BCUT2D eigenvalue weighted by Gasteiger charge is 2.20. The predicted molar refractivity (Wildman–Crippen MR) is 122 cm³/mol. The fourth-order valence-electron chi connectivity index (χ4n) is 2.98. The Morgan fingerprint density at radius 1 is 0.967 bits per heavy atom. The van der Waals surface area contributed by atoms with Crippen LogP contribution in [0.15, 0.2) is 103 Å².